The summed E-state index contributed by atoms with van der Waals surface area (Å²) < 4.78 is 44.8. The quantitative estimate of drug-likeness (QED) is 0.551. The van der Waals surface area contributed by atoms with Crippen molar-refractivity contribution in [3.63, 3.8) is 0 Å². The Morgan fingerprint density at radius 3 is 2.36 bits per heavy atom. The maximum absolute atomic E-state index is 10.7. The van der Waals surface area contributed by atoms with Gasteiger partial charge < -0.3 is 9.22 Å². The zero-order valence-corrected chi connectivity index (χ0v) is 8.56. The number of hydrogen-bond donors (Lipinski definition) is 2. The van der Waals surface area contributed by atoms with Gasteiger partial charge in [-0.1, -0.05) is 12.1 Å². The molecular formula is C6H6O6SSi. The standard InChI is InChI=1S/C6H6O6SSi/c7-13(8,9)6-4-2-1-3-5(6)12-14(10)11/h1-4,10H,(H,7,8,9). The molecule has 0 atom stereocenters. The molecule has 1 aromatic carbocycles. The monoisotopic (exact) mass is 234 g/mol. The Balaban J connectivity index is 3.23. The fraction of sp³-hybridized carbons (Fsp3) is 0. The minimum Gasteiger partial charge on any atom is -0.511 e. The number of rotatable bonds is 3. The van der Waals surface area contributed by atoms with Crippen LogP contribution in [0.5, 0.6) is 5.75 Å². The molecule has 0 radical (unpaired) electrons. The van der Waals surface area contributed by atoms with E-state index in [4.69, 9.17) is 9.35 Å². The van der Waals surface area contributed by atoms with Crippen molar-refractivity contribution in [2.24, 2.45) is 0 Å². The third kappa shape index (κ3) is 2.62. The van der Waals surface area contributed by atoms with Gasteiger partial charge in [-0.3, -0.25) is 9.01 Å². The summed E-state index contributed by atoms with van der Waals surface area (Å²) >= 11 is 0. The minimum absolute atomic E-state index is 0.346. The van der Waals surface area contributed by atoms with Crippen LogP contribution >= 0.6 is 0 Å². The van der Waals surface area contributed by atoms with E-state index in [1.165, 1.54) is 18.2 Å². The Labute approximate surface area is 81.4 Å². The van der Waals surface area contributed by atoms with E-state index >= 15 is 0 Å². The van der Waals surface area contributed by atoms with Crippen molar-refractivity contribution < 1.29 is 26.7 Å². The van der Waals surface area contributed by atoms with Gasteiger partial charge in [0.25, 0.3) is 10.1 Å². The van der Waals surface area contributed by atoms with E-state index in [9.17, 15) is 12.9 Å². The number of hydrogen-bond acceptors (Lipinski definition) is 4. The summed E-state index contributed by atoms with van der Waals surface area (Å²) in [6.45, 7) is 0. The topological polar surface area (TPSA) is 101 Å². The van der Waals surface area contributed by atoms with Gasteiger partial charge in [0.15, 0.2) is 0 Å². The third-order valence-corrected chi connectivity index (χ3v) is 2.61. The van der Waals surface area contributed by atoms with E-state index in [0.29, 0.717) is 0 Å². The Morgan fingerprint density at radius 1 is 1.29 bits per heavy atom. The molecule has 0 fully saturated rings. The summed E-state index contributed by atoms with van der Waals surface area (Å²) in [5.74, 6) is -0.346. The molecule has 0 spiro atoms. The SMILES string of the molecule is O=[Si](O)Oc1ccccc1S(=O)(=O)O. The number of para-hydroxylation sites is 1. The molecule has 0 saturated heterocycles. The van der Waals surface area contributed by atoms with Crippen molar-refractivity contribution >= 4 is 19.3 Å². The molecule has 0 heterocycles. The highest BCUT2D eigenvalue weighted by molar-refractivity contribution is 7.86. The van der Waals surface area contributed by atoms with Gasteiger partial charge in [0.2, 0.25) is 0 Å². The Kier molecular flexibility index (Phi) is 2.98. The Bertz CT molecular complexity index is 453. The van der Waals surface area contributed by atoms with Crippen LogP contribution in [-0.2, 0) is 14.6 Å². The Hall–Kier alpha value is -1.25. The van der Waals surface area contributed by atoms with Crippen molar-refractivity contribution in [1.29, 1.82) is 0 Å². The summed E-state index contributed by atoms with van der Waals surface area (Å²) in [6.07, 6.45) is 0. The van der Waals surface area contributed by atoms with E-state index in [1.807, 2.05) is 0 Å². The van der Waals surface area contributed by atoms with E-state index in [0.717, 1.165) is 6.07 Å². The van der Waals surface area contributed by atoms with Crippen LogP contribution in [0.3, 0.4) is 0 Å². The van der Waals surface area contributed by atoms with Crippen molar-refractivity contribution in [1.82, 2.24) is 0 Å². The highest BCUT2D eigenvalue weighted by Crippen LogP contribution is 2.22. The molecule has 14 heavy (non-hydrogen) atoms. The van der Waals surface area contributed by atoms with Crippen LogP contribution in [0.4, 0.5) is 0 Å². The summed E-state index contributed by atoms with van der Waals surface area (Å²) in [5, 5.41) is 0. The van der Waals surface area contributed by atoms with Crippen LogP contribution in [0.25, 0.3) is 0 Å². The van der Waals surface area contributed by atoms with Gasteiger partial charge in [-0.15, -0.1) is 0 Å². The molecule has 0 bridgehead atoms. The van der Waals surface area contributed by atoms with E-state index in [2.05, 4.69) is 4.43 Å². The van der Waals surface area contributed by atoms with Crippen molar-refractivity contribution in [3.05, 3.63) is 24.3 Å². The van der Waals surface area contributed by atoms with Crippen LogP contribution < -0.4 is 4.43 Å². The second-order valence-electron chi connectivity index (χ2n) is 2.29. The molecule has 0 unspecified atom stereocenters. The minimum atomic E-state index is -4.44. The first-order valence-corrected chi connectivity index (χ1v) is 6.09. The molecule has 0 amide bonds. The maximum atomic E-state index is 10.7. The van der Waals surface area contributed by atoms with E-state index in [1.54, 1.807) is 0 Å². The predicted molar refractivity (Wildman–Crippen MR) is 45.5 cm³/mol. The lowest BCUT2D eigenvalue weighted by molar-refractivity contribution is 0.334. The first kappa shape index (κ1) is 10.8. The Morgan fingerprint density at radius 2 is 1.86 bits per heavy atom. The molecule has 1 aromatic rings. The first-order valence-electron chi connectivity index (χ1n) is 3.38. The highest BCUT2D eigenvalue weighted by atomic mass is 32.2. The van der Waals surface area contributed by atoms with Crippen LogP contribution in [0.1, 0.15) is 0 Å². The molecule has 8 heteroatoms. The lowest BCUT2D eigenvalue weighted by Crippen LogP contribution is -2.11. The molecule has 0 aliphatic rings. The third-order valence-electron chi connectivity index (χ3n) is 1.32. The van der Waals surface area contributed by atoms with Gasteiger partial charge >= 0.3 is 9.17 Å². The predicted octanol–water partition coefficient (Wildman–Crippen LogP) is -0.280. The molecule has 0 saturated carbocycles. The lowest BCUT2D eigenvalue weighted by Gasteiger charge is -2.04. The van der Waals surface area contributed by atoms with Gasteiger partial charge in [-0.05, 0) is 12.1 Å². The fourth-order valence-corrected chi connectivity index (χ4v) is 1.90. The smallest absolute Gasteiger partial charge is 0.511 e. The summed E-state index contributed by atoms with van der Waals surface area (Å²) in [6, 6.07) is 5.00. The molecule has 1 rings (SSSR count). The summed E-state index contributed by atoms with van der Waals surface area (Å²) in [7, 11) is -7.73. The van der Waals surface area contributed by atoms with Crippen LogP contribution in [0.15, 0.2) is 29.2 Å². The largest absolute Gasteiger partial charge is 0.770 e. The highest BCUT2D eigenvalue weighted by Gasteiger charge is 2.18. The molecule has 2 N–H and O–H groups in total. The van der Waals surface area contributed by atoms with Crippen LogP contribution in [0, 0.1) is 0 Å². The summed E-state index contributed by atoms with van der Waals surface area (Å²) in [4.78, 5) is 7.91. The van der Waals surface area contributed by atoms with Crippen molar-refractivity contribution in [2.75, 3.05) is 0 Å². The molecule has 76 valence electrons. The first-order chi connectivity index (χ1) is 6.41. The van der Waals surface area contributed by atoms with E-state index < -0.39 is 24.2 Å². The van der Waals surface area contributed by atoms with Gasteiger partial charge in [-0.2, -0.15) is 8.42 Å². The van der Waals surface area contributed by atoms with Gasteiger partial charge in [0.1, 0.15) is 10.6 Å². The average Bonchev–Trinajstić information content (AvgIpc) is 2.01. The molecule has 0 aliphatic carbocycles. The fourth-order valence-electron chi connectivity index (χ4n) is 0.842. The van der Waals surface area contributed by atoms with Gasteiger partial charge in [0.05, 0.1) is 0 Å². The van der Waals surface area contributed by atoms with Crippen LogP contribution in [0.2, 0.25) is 0 Å². The van der Waals surface area contributed by atoms with E-state index in [-0.39, 0.29) is 5.75 Å². The zero-order valence-electron chi connectivity index (χ0n) is 6.75. The van der Waals surface area contributed by atoms with Crippen molar-refractivity contribution in [2.45, 2.75) is 4.90 Å². The second-order valence-corrected chi connectivity index (χ2v) is 4.42. The zero-order chi connectivity index (χ0) is 10.8. The lowest BCUT2D eigenvalue weighted by atomic mass is 10.3. The normalized spacial score (nSPS) is 10.9. The van der Waals surface area contributed by atoms with Gasteiger partial charge in [-0.25, -0.2) is 0 Å². The molecule has 6 nitrogen and oxygen atoms in total. The van der Waals surface area contributed by atoms with Crippen LogP contribution in [-0.4, -0.2) is 26.9 Å². The molecule has 0 aliphatic heterocycles. The maximum Gasteiger partial charge on any atom is 0.770 e. The average molecular weight is 234 g/mol. The van der Waals surface area contributed by atoms with Crippen molar-refractivity contribution in [3.8, 4) is 5.75 Å². The molecular weight excluding hydrogens is 228 g/mol. The second kappa shape index (κ2) is 3.86. The summed E-state index contributed by atoms with van der Waals surface area (Å²) in [5.41, 5.74) is 0. The van der Waals surface area contributed by atoms with Gasteiger partial charge in [0, 0.05) is 0 Å². The number of benzene rings is 1. The molecule has 0 aromatic heterocycles.